The molecule has 1 saturated carbocycles. The number of benzene rings is 2. The van der Waals surface area contributed by atoms with E-state index >= 15 is 0 Å². The summed E-state index contributed by atoms with van der Waals surface area (Å²) in [5, 5.41) is 14.7. The Bertz CT molecular complexity index is 1530. The lowest BCUT2D eigenvalue weighted by atomic mass is 9.83. The summed E-state index contributed by atoms with van der Waals surface area (Å²) in [7, 11) is 0. The maximum Gasteiger partial charge on any atom is 0.227 e. The standard InChI is InChI=1S/C29H30ClFN4O3/c1-16-27(17(2)38-33-16)18-4-7-24-23(14-18)32-28(35(24)19-10-12-29(3,37)13-11-19)25-8-9-26(36)34(25)20-5-6-21(30)22(31)15-20/h4-7,14-15,19,25,37H,8-13H2,1-3H3/t19?,25-,29?/m0/s1. The smallest absolute Gasteiger partial charge is 0.227 e. The van der Waals surface area contributed by atoms with E-state index in [2.05, 4.69) is 21.9 Å². The molecule has 1 saturated heterocycles. The zero-order chi connectivity index (χ0) is 26.8. The molecule has 2 aromatic heterocycles. The predicted molar refractivity (Wildman–Crippen MR) is 144 cm³/mol. The van der Waals surface area contributed by atoms with Gasteiger partial charge in [0.05, 0.1) is 33.4 Å². The van der Waals surface area contributed by atoms with E-state index in [1.165, 1.54) is 12.1 Å². The molecular formula is C29H30ClFN4O3. The van der Waals surface area contributed by atoms with Crippen molar-refractivity contribution < 1.29 is 18.8 Å². The molecule has 1 aliphatic carbocycles. The molecule has 1 atom stereocenters. The van der Waals surface area contributed by atoms with Crippen LogP contribution < -0.4 is 4.90 Å². The van der Waals surface area contributed by atoms with Gasteiger partial charge >= 0.3 is 0 Å². The van der Waals surface area contributed by atoms with Crippen LogP contribution in [0.1, 0.15) is 74.8 Å². The molecule has 2 fully saturated rings. The fourth-order valence-electron chi connectivity index (χ4n) is 6.16. The first-order valence-electron chi connectivity index (χ1n) is 13.1. The van der Waals surface area contributed by atoms with E-state index in [1.54, 1.807) is 11.0 Å². The van der Waals surface area contributed by atoms with Gasteiger partial charge in [0.25, 0.3) is 0 Å². The van der Waals surface area contributed by atoms with E-state index in [1.807, 2.05) is 26.8 Å². The van der Waals surface area contributed by atoms with E-state index in [4.69, 9.17) is 21.1 Å². The fraction of sp³-hybridized carbons (Fsp3) is 0.414. The number of carbonyl (C=O) groups excluding carboxylic acids is 1. The number of aryl methyl sites for hydroxylation is 2. The molecule has 0 radical (unpaired) electrons. The molecule has 2 aliphatic rings. The Hall–Kier alpha value is -3.23. The molecule has 3 heterocycles. The van der Waals surface area contributed by atoms with Crippen molar-refractivity contribution in [1.29, 1.82) is 0 Å². The second-order valence-corrected chi connectivity index (χ2v) is 11.3. The number of fused-ring (bicyclic) bond motifs is 1. The van der Waals surface area contributed by atoms with Gasteiger partial charge in [0.1, 0.15) is 17.4 Å². The lowest BCUT2D eigenvalue weighted by molar-refractivity contribution is -0.117. The lowest BCUT2D eigenvalue weighted by Crippen LogP contribution is -2.33. The number of halogens is 2. The number of nitrogens with zero attached hydrogens (tertiary/aromatic N) is 4. The van der Waals surface area contributed by atoms with Crippen LogP contribution in [0.4, 0.5) is 10.1 Å². The number of aromatic nitrogens is 3. The van der Waals surface area contributed by atoms with E-state index in [0.717, 1.165) is 52.3 Å². The Labute approximate surface area is 225 Å². The van der Waals surface area contributed by atoms with Crippen LogP contribution in [-0.2, 0) is 4.79 Å². The SMILES string of the molecule is Cc1noc(C)c1-c1ccc2c(c1)nc([C@@H]1CCC(=O)N1c1ccc(Cl)c(F)c1)n2C1CCC(C)(O)CC1. The summed E-state index contributed by atoms with van der Waals surface area (Å²) < 4.78 is 22.1. The average Bonchev–Trinajstić information content (AvgIpc) is 3.55. The minimum absolute atomic E-state index is 0.0188. The molecular weight excluding hydrogens is 507 g/mol. The summed E-state index contributed by atoms with van der Waals surface area (Å²) in [6.07, 6.45) is 3.89. The normalized spacial score (nSPS) is 24.1. The van der Waals surface area contributed by atoms with Crippen molar-refractivity contribution in [2.45, 2.75) is 77.0 Å². The number of aliphatic hydroxyl groups is 1. The Balaban J connectivity index is 1.50. The van der Waals surface area contributed by atoms with Crippen LogP contribution in [0.3, 0.4) is 0 Å². The van der Waals surface area contributed by atoms with Crippen molar-refractivity contribution in [3.05, 3.63) is 64.5 Å². The largest absolute Gasteiger partial charge is 0.390 e. The van der Waals surface area contributed by atoms with Crippen molar-refractivity contribution in [1.82, 2.24) is 14.7 Å². The van der Waals surface area contributed by atoms with Gasteiger partial charge in [0, 0.05) is 23.7 Å². The number of imidazole rings is 1. The predicted octanol–water partition coefficient (Wildman–Crippen LogP) is 6.83. The first-order valence-corrected chi connectivity index (χ1v) is 13.5. The van der Waals surface area contributed by atoms with Crippen LogP contribution in [0, 0.1) is 19.7 Å². The zero-order valence-electron chi connectivity index (χ0n) is 21.7. The third-order valence-electron chi connectivity index (χ3n) is 8.13. The van der Waals surface area contributed by atoms with Gasteiger partial charge in [0.2, 0.25) is 5.91 Å². The Morgan fingerprint density at radius 1 is 1.13 bits per heavy atom. The Morgan fingerprint density at radius 2 is 1.89 bits per heavy atom. The van der Waals surface area contributed by atoms with Gasteiger partial charge in [-0.2, -0.15) is 0 Å². The first-order chi connectivity index (χ1) is 18.1. The second kappa shape index (κ2) is 9.20. The van der Waals surface area contributed by atoms with E-state index in [9.17, 15) is 14.3 Å². The van der Waals surface area contributed by atoms with Gasteiger partial charge in [-0.15, -0.1) is 0 Å². The molecule has 0 spiro atoms. The third-order valence-corrected chi connectivity index (χ3v) is 8.43. The summed E-state index contributed by atoms with van der Waals surface area (Å²) in [6, 6.07) is 10.4. The Kier molecular flexibility index (Phi) is 6.07. The van der Waals surface area contributed by atoms with Gasteiger partial charge in [-0.1, -0.05) is 22.8 Å². The minimum Gasteiger partial charge on any atom is -0.390 e. The van der Waals surface area contributed by atoms with Crippen LogP contribution >= 0.6 is 11.6 Å². The van der Waals surface area contributed by atoms with Crippen LogP contribution in [0.5, 0.6) is 0 Å². The molecule has 7 nitrogen and oxygen atoms in total. The maximum atomic E-state index is 14.4. The maximum absolute atomic E-state index is 14.4. The van der Waals surface area contributed by atoms with Crippen LogP contribution in [0.2, 0.25) is 5.02 Å². The molecule has 2 aromatic carbocycles. The van der Waals surface area contributed by atoms with Crippen molar-refractivity contribution in [3.8, 4) is 11.1 Å². The molecule has 0 bridgehead atoms. The summed E-state index contributed by atoms with van der Waals surface area (Å²) in [4.78, 5) is 19.9. The highest BCUT2D eigenvalue weighted by Gasteiger charge is 2.39. The second-order valence-electron chi connectivity index (χ2n) is 10.9. The molecule has 1 amide bonds. The van der Waals surface area contributed by atoms with Crippen molar-refractivity contribution >= 4 is 34.2 Å². The number of carbonyl (C=O) groups is 1. The van der Waals surface area contributed by atoms with Gasteiger partial charge < -0.3 is 19.1 Å². The number of anilines is 1. The number of amides is 1. The molecule has 1 aliphatic heterocycles. The van der Waals surface area contributed by atoms with Crippen LogP contribution in [0.15, 0.2) is 40.9 Å². The number of rotatable bonds is 4. The number of hydrogen-bond donors (Lipinski definition) is 1. The van der Waals surface area contributed by atoms with E-state index in [-0.39, 0.29) is 23.0 Å². The minimum atomic E-state index is -0.681. The molecule has 38 heavy (non-hydrogen) atoms. The fourth-order valence-corrected chi connectivity index (χ4v) is 6.27. The van der Waals surface area contributed by atoms with Crippen molar-refractivity contribution in [2.24, 2.45) is 0 Å². The topological polar surface area (TPSA) is 84.4 Å². The van der Waals surface area contributed by atoms with Gasteiger partial charge in [-0.25, -0.2) is 9.37 Å². The summed E-state index contributed by atoms with van der Waals surface area (Å²) in [6.45, 7) is 5.70. The first kappa shape index (κ1) is 25.1. The van der Waals surface area contributed by atoms with Crippen LogP contribution in [0.25, 0.3) is 22.2 Å². The third kappa shape index (κ3) is 4.20. The highest BCUT2D eigenvalue weighted by molar-refractivity contribution is 6.30. The van der Waals surface area contributed by atoms with Crippen LogP contribution in [-0.4, -0.2) is 31.3 Å². The average molecular weight is 537 g/mol. The lowest BCUT2D eigenvalue weighted by Gasteiger charge is -2.35. The number of hydrogen-bond acceptors (Lipinski definition) is 5. The summed E-state index contributed by atoms with van der Waals surface area (Å²) in [5.74, 6) is 0.894. The summed E-state index contributed by atoms with van der Waals surface area (Å²) in [5.41, 5.74) is 4.32. The monoisotopic (exact) mass is 536 g/mol. The molecule has 4 aromatic rings. The highest BCUT2D eigenvalue weighted by atomic mass is 35.5. The van der Waals surface area contributed by atoms with E-state index in [0.29, 0.717) is 31.4 Å². The molecule has 9 heteroatoms. The molecule has 0 unspecified atom stereocenters. The molecule has 1 N–H and O–H groups in total. The Morgan fingerprint density at radius 3 is 2.58 bits per heavy atom. The van der Waals surface area contributed by atoms with Gasteiger partial charge in [-0.05, 0) is 88.8 Å². The van der Waals surface area contributed by atoms with E-state index < -0.39 is 11.4 Å². The van der Waals surface area contributed by atoms with Crippen molar-refractivity contribution in [3.63, 3.8) is 0 Å². The quantitative estimate of drug-likeness (QED) is 0.309. The van der Waals surface area contributed by atoms with Crippen molar-refractivity contribution in [2.75, 3.05) is 4.90 Å². The highest BCUT2D eigenvalue weighted by Crippen LogP contribution is 2.43. The summed E-state index contributed by atoms with van der Waals surface area (Å²) >= 11 is 5.93. The van der Waals surface area contributed by atoms with Gasteiger partial charge in [0.15, 0.2) is 0 Å². The molecule has 6 rings (SSSR count). The van der Waals surface area contributed by atoms with Gasteiger partial charge in [-0.3, -0.25) is 4.79 Å². The molecule has 198 valence electrons. The zero-order valence-corrected chi connectivity index (χ0v) is 22.4.